The van der Waals surface area contributed by atoms with Crippen molar-refractivity contribution in [1.82, 2.24) is 15.0 Å². The van der Waals surface area contributed by atoms with Crippen LogP contribution in [0.3, 0.4) is 0 Å². The van der Waals surface area contributed by atoms with Crippen molar-refractivity contribution in [3.05, 3.63) is 24.2 Å². The minimum absolute atomic E-state index is 0.232. The number of hydrogen-bond donors (Lipinski definition) is 1. The van der Waals surface area contributed by atoms with E-state index in [1.54, 1.807) is 6.33 Å². The number of fused-ring (bicyclic) bond motifs is 1. The molecule has 0 amide bonds. The van der Waals surface area contributed by atoms with Crippen molar-refractivity contribution in [2.45, 2.75) is 51.9 Å². The first-order valence-corrected chi connectivity index (χ1v) is 6.49. The Morgan fingerprint density at radius 3 is 2.82 bits per heavy atom. The third kappa shape index (κ3) is 2.33. The van der Waals surface area contributed by atoms with Crippen LogP contribution in [0.1, 0.15) is 52.0 Å². The number of pyridine rings is 1. The number of hydrogen-bond acceptors (Lipinski definition) is 2. The molecule has 0 saturated carbocycles. The molecule has 2 aromatic rings. The zero-order valence-electron chi connectivity index (χ0n) is 11.0. The van der Waals surface area contributed by atoms with Gasteiger partial charge in [-0.3, -0.25) is 0 Å². The monoisotopic (exact) mass is 231 g/mol. The lowest BCUT2D eigenvalue weighted by atomic mass is 9.77. The Morgan fingerprint density at radius 2 is 2.12 bits per heavy atom. The third-order valence-electron chi connectivity index (χ3n) is 3.83. The van der Waals surface area contributed by atoms with Crippen LogP contribution in [0.25, 0.3) is 11.2 Å². The molecule has 3 heteroatoms. The second-order valence-corrected chi connectivity index (χ2v) is 5.01. The largest absolute Gasteiger partial charge is 0.329 e. The van der Waals surface area contributed by atoms with Gasteiger partial charge in [0.15, 0.2) is 5.65 Å². The highest BCUT2D eigenvalue weighted by molar-refractivity contribution is 5.70. The molecule has 0 saturated heterocycles. The van der Waals surface area contributed by atoms with Crippen molar-refractivity contribution >= 4 is 11.2 Å². The Bertz CT molecular complexity index is 489. The predicted molar refractivity (Wildman–Crippen MR) is 71.1 cm³/mol. The van der Waals surface area contributed by atoms with E-state index in [0.29, 0.717) is 0 Å². The third-order valence-corrected chi connectivity index (χ3v) is 3.83. The number of H-pyrrole nitrogens is 1. The van der Waals surface area contributed by atoms with E-state index in [1.807, 2.05) is 6.20 Å². The average molecular weight is 231 g/mol. The molecule has 1 N–H and O–H groups in total. The van der Waals surface area contributed by atoms with Crippen molar-refractivity contribution < 1.29 is 0 Å². The van der Waals surface area contributed by atoms with E-state index in [4.69, 9.17) is 0 Å². The van der Waals surface area contributed by atoms with Crippen LogP contribution in [0.4, 0.5) is 0 Å². The number of aromatic amines is 1. The fourth-order valence-corrected chi connectivity index (χ4v) is 2.25. The smallest absolute Gasteiger partial charge is 0.157 e. The average Bonchev–Trinajstić information content (AvgIpc) is 2.83. The van der Waals surface area contributed by atoms with Crippen molar-refractivity contribution in [3.8, 4) is 0 Å². The first-order valence-electron chi connectivity index (χ1n) is 6.49. The molecule has 17 heavy (non-hydrogen) atoms. The van der Waals surface area contributed by atoms with Crippen LogP contribution in [0.15, 0.2) is 18.6 Å². The van der Waals surface area contributed by atoms with E-state index >= 15 is 0 Å². The molecule has 1 unspecified atom stereocenters. The van der Waals surface area contributed by atoms with Crippen LogP contribution in [-0.2, 0) is 5.41 Å². The molecule has 2 heterocycles. The topological polar surface area (TPSA) is 41.6 Å². The number of imidazole rings is 1. The number of nitrogens with one attached hydrogen (secondary N) is 1. The normalized spacial score (nSPS) is 15.0. The van der Waals surface area contributed by atoms with E-state index in [1.165, 1.54) is 24.8 Å². The number of nitrogens with zero attached hydrogens (tertiary/aromatic N) is 2. The van der Waals surface area contributed by atoms with Crippen LogP contribution in [-0.4, -0.2) is 15.0 Å². The molecule has 0 bridgehead atoms. The van der Waals surface area contributed by atoms with Crippen LogP contribution in [0.2, 0.25) is 0 Å². The SMILES string of the molecule is CCCCC(C)(CC)c1cnc2[nH]cnc2c1. The molecule has 0 aliphatic heterocycles. The van der Waals surface area contributed by atoms with Gasteiger partial charge in [0.05, 0.1) is 6.33 Å². The Kier molecular flexibility index (Phi) is 3.46. The minimum atomic E-state index is 0.232. The number of aromatic nitrogens is 3. The Balaban J connectivity index is 2.34. The van der Waals surface area contributed by atoms with Crippen molar-refractivity contribution in [3.63, 3.8) is 0 Å². The molecule has 0 aliphatic rings. The molecule has 92 valence electrons. The maximum atomic E-state index is 4.45. The fourth-order valence-electron chi connectivity index (χ4n) is 2.25. The first kappa shape index (κ1) is 12.1. The van der Waals surface area contributed by atoms with Gasteiger partial charge >= 0.3 is 0 Å². The summed E-state index contributed by atoms with van der Waals surface area (Å²) in [6, 6.07) is 2.18. The molecule has 0 aromatic carbocycles. The maximum absolute atomic E-state index is 4.45. The molecule has 2 rings (SSSR count). The second kappa shape index (κ2) is 4.86. The summed E-state index contributed by atoms with van der Waals surface area (Å²) in [7, 11) is 0. The lowest BCUT2D eigenvalue weighted by Gasteiger charge is -2.28. The van der Waals surface area contributed by atoms with Gasteiger partial charge in [0.1, 0.15) is 5.52 Å². The zero-order valence-corrected chi connectivity index (χ0v) is 11.0. The van der Waals surface area contributed by atoms with Gasteiger partial charge in [-0.1, -0.05) is 33.6 Å². The van der Waals surface area contributed by atoms with Crippen molar-refractivity contribution in [2.75, 3.05) is 0 Å². The Hall–Kier alpha value is -1.38. The van der Waals surface area contributed by atoms with Gasteiger partial charge in [-0.25, -0.2) is 9.97 Å². The van der Waals surface area contributed by atoms with Crippen LogP contribution in [0.5, 0.6) is 0 Å². The quantitative estimate of drug-likeness (QED) is 0.850. The minimum Gasteiger partial charge on any atom is -0.329 e. The van der Waals surface area contributed by atoms with E-state index < -0.39 is 0 Å². The highest BCUT2D eigenvalue weighted by Crippen LogP contribution is 2.33. The van der Waals surface area contributed by atoms with Gasteiger partial charge in [0.25, 0.3) is 0 Å². The van der Waals surface area contributed by atoms with Crippen LogP contribution in [0, 0.1) is 0 Å². The molecule has 0 radical (unpaired) electrons. The molecule has 0 aliphatic carbocycles. The molecular formula is C14H21N3. The van der Waals surface area contributed by atoms with Crippen molar-refractivity contribution in [2.24, 2.45) is 0 Å². The molecule has 0 fully saturated rings. The summed E-state index contributed by atoms with van der Waals surface area (Å²) in [4.78, 5) is 11.8. The van der Waals surface area contributed by atoms with Crippen LogP contribution < -0.4 is 0 Å². The molecule has 0 spiro atoms. The van der Waals surface area contributed by atoms with Gasteiger partial charge in [0, 0.05) is 6.20 Å². The second-order valence-electron chi connectivity index (χ2n) is 5.01. The van der Waals surface area contributed by atoms with E-state index in [-0.39, 0.29) is 5.41 Å². The molecule has 1 atom stereocenters. The molecular weight excluding hydrogens is 210 g/mol. The van der Waals surface area contributed by atoms with Gasteiger partial charge in [-0.15, -0.1) is 0 Å². The van der Waals surface area contributed by atoms with E-state index in [2.05, 4.69) is 41.8 Å². The summed E-state index contributed by atoms with van der Waals surface area (Å²) in [5, 5.41) is 0. The van der Waals surface area contributed by atoms with E-state index in [9.17, 15) is 0 Å². The summed E-state index contributed by atoms with van der Waals surface area (Å²) in [5.74, 6) is 0. The predicted octanol–water partition coefficient (Wildman–Crippen LogP) is 3.82. The van der Waals surface area contributed by atoms with Gasteiger partial charge < -0.3 is 4.98 Å². The lowest BCUT2D eigenvalue weighted by Crippen LogP contribution is -2.21. The summed E-state index contributed by atoms with van der Waals surface area (Å²) in [6.07, 6.45) is 8.58. The standard InChI is InChI=1S/C14H21N3/c1-4-6-7-14(3,5-2)11-8-12-13(15-9-11)17-10-16-12/h8-10H,4-7H2,1-3H3,(H,15,16,17). The van der Waals surface area contributed by atoms with E-state index in [0.717, 1.165) is 17.6 Å². The highest BCUT2D eigenvalue weighted by atomic mass is 14.9. The van der Waals surface area contributed by atoms with Gasteiger partial charge in [-0.2, -0.15) is 0 Å². The van der Waals surface area contributed by atoms with Crippen molar-refractivity contribution in [1.29, 1.82) is 0 Å². The highest BCUT2D eigenvalue weighted by Gasteiger charge is 2.24. The molecule has 2 aromatic heterocycles. The summed E-state index contributed by atoms with van der Waals surface area (Å²) in [5.41, 5.74) is 3.39. The number of unbranched alkanes of at least 4 members (excludes halogenated alkanes) is 1. The fraction of sp³-hybridized carbons (Fsp3) is 0.571. The summed E-state index contributed by atoms with van der Waals surface area (Å²) >= 11 is 0. The number of rotatable bonds is 5. The summed E-state index contributed by atoms with van der Waals surface area (Å²) in [6.45, 7) is 6.83. The lowest BCUT2D eigenvalue weighted by molar-refractivity contribution is 0.402. The maximum Gasteiger partial charge on any atom is 0.157 e. The summed E-state index contributed by atoms with van der Waals surface area (Å²) < 4.78 is 0. The molecule has 3 nitrogen and oxygen atoms in total. The van der Waals surface area contributed by atoms with Gasteiger partial charge in [-0.05, 0) is 29.9 Å². The zero-order chi connectivity index (χ0) is 12.3. The van der Waals surface area contributed by atoms with Crippen LogP contribution >= 0.6 is 0 Å². The first-order chi connectivity index (χ1) is 8.19. The Labute approximate surface area is 103 Å². The Morgan fingerprint density at radius 1 is 1.29 bits per heavy atom. The van der Waals surface area contributed by atoms with Gasteiger partial charge in [0.2, 0.25) is 0 Å².